The van der Waals surface area contributed by atoms with Gasteiger partial charge in [-0.1, -0.05) is 13.0 Å². The fourth-order valence-electron chi connectivity index (χ4n) is 3.67. The summed E-state index contributed by atoms with van der Waals surface area (Å²) < 4.78 is 5.42. The van der Waals surface area contributed by atoms with Crippen LogP contribution < -0.4 is 10.1 Å². The molecule has 0 radical (unpaired) electrons. The van der Waals surface area contributed by atoms with Crippen LogP contribution in [0.4, 0.5) is 11.6 Å². The fourth-order valence-corrected chi connectivity index (χ4v) is 3.67. The predicted octanol–water partition coefficient (Wildman–Crippen LogP) is 3.80. The smallest absolute Gasteiger partial charge is 0.227 e. The molecule has 1 aromatic carbocycles. The minimum absolute atomic E-state index is 0.120. The third-order valence-corrected chi connectivity index (χ3v) is 5.44. The summed E-state index contributed by atoms with van der Waals surface area (Å²) in [6.45, 7) is 4.23. The Morgan fingerprint density at radius 2 is 2.07 bits per heavy atom. The minimum Gasteiger partial charge on any atom is -0.495 e. The number of aliphatic hydroxyl groups is 1. The second-order valence-corrected chi connectivity index (χ2v) is 7.53. The van der Waals surface area contributed by atoms with Crippen LogP contribution in [0, 0.1) is 6.92 Å². The largest absolute Gasteiger partial charge is 0.495 e. The zero-order valence-electron chi connectivity index (χ0n) is 16.4. The summed E-state index contributed by atoms with van der Waals surface area (Å²) in [6.07, 6.45) is 5.39. The summed E-state index contributed by atoms with van der Waals surface area (Å²) in [4.78, 5) is 13.6. The number of rotatable bonds is 5. The lowest BCUT2D eigenvalue weighted by atomic mass is 9.85. The quantitative estimate of drug-likeness (QED) is 0.705. The van der Waals surface area contributed by atoms with Gasteiger partial charge < -0.3 is 15.2 Å². The van der Waals surface area contributed by atoms with Crippen molar-refractivity contribution >= 4 is 11.6 Å². The maximum atomic E-state index is 9.84. The molecule has 4 rings (SSSR count). The van der Waals surface area contributed by atoms with Gasteiger partial charge in [-0.05, 0) is 55.2 Å². The number of aromatic nitrogens is 3. The molecule has 1 aliphatic carbocycles. The maximum Gasteiger partial charge on any atom is 0.227 e. The molecule has 6 nitrogen and oxygen atoms in total. The molecular formula is C22H24N4O2. The van der Waals surface area contributed by atoms with Gasteiger partial charge in [0.1, 0.15) is 5.75 Å². The van der Waals surface area contributed by atoms with Crippen molar-refractivity contribution in [2.45, 2.75) is 32.1 Å². The fraction of sp³-hybridized carbons (Fsp3) is 0.318. The van der Waals surface area contributed by atoms with Crippen molar-refractivity contribution in [2.24, 2.45) is 0 Å². The normalized spacial score (nSPS) is 18.0. The summed E-state index contributed by atoms with van der Waals surface area (Å²) in [5.74, 6) is 1.23. The Balaban J connectivity index is 1.67. The van der Waals surface area contributed by atoms with Gasteiger partial charge in [0.15, 0.2) is 0 Å². The lowest BCUT2D eigenvalue weighted by Crippen LogP contribution is -2.23. The Morgan fingerprint density at radius 3 is 2.86 bits per heavy atom. The molecule has 6 heteroatoms. The Bertz CT molecular complexity index is 1020. The number of aryl methyl sites for hydroxylation is 2. The zero-order valence-corrected chi connectivity index (χ0v) is 16.4. The number of nitrogens with zero attached hydrogens (tertiary/aromatic N) is 3. The van der Waals surface area contributed by atoms with Gasteiger partial charge in [-0.15, -0.1) is 0 Å². The second-order valence-electron chi connectivity index (χ2n) is 7.53. The van der Waals surface area contributed by atoms with Crippen molar-refractivity contribution < 1.29 is 9.84 Å². The predicted molar refractivity (Wildman–Crippen MR) is 109 cm³/mol. The molecular weight excluding hydrogens is 352 g/mol. The highest BCUT2D eigenvalue weighted by atomic mass is 16.5. The lowest BCUT2D eigenvalue weighted by molar-refractivity contribution is 0.206. The Morgan fingerprint density at radius 1 is 1.21 bits per heavy atom. The van der Waals surface area contributed by atoms with Gasteiger partial charge in [0.2, 0.25) is 5.95 Å². The summed E-state index contributed by atoms with van der Waals surface area (Å²) in [6, 6.07) is 9.88. The third-order valence-electron chi connectivity index (χ3n) is 5.44. The van der Waals surface area contributed by atoms with Crippen molar-refractivity contribution in [3.05, 3.63) is 59.5 Å². The van der Waals surface area contributed by atoms with Crippen LogP contribution in [0.1, 0.15) is 30.2 Å². The van der Waals surface area contributed by atoms with Gasteiger partial charge >= 0.3 is 0 Å². The number of hydrogen-bond acceptors (Lipinski definition) is 6. The van der Waals surface area contributed by atoms with Crippen LogP contribution in [-0.2, 0) is 11.8 Å². The van der Waals surface area contributed by atoms with Crippen molar-refractivity contribution in [1.29, 1.82) is 0 Å². The topological polar surface area (TPSA) is 80.2 Å². The number of fused-ring (bicyclic) bond motifs is 1. The van der Waals surface area contributed by atoms with Crippen molar-refractivity contribution in [3.8, 4) is 17.0 Å². The zero-order chi connectivity index (χ0) is 19.7. The van der Waals surface area contributed by atoms with E-state index in [9.17, 15) is 5.11 Å². The van der Waals surface area contributed by atoms with E-state index >= 15 is 0 Å². The summed E-state index contributed by atoms with van der Waals surface area (Å²) in [5, 5.41) is 13.1. The van der Waals surface area contributed by atoms with E-state index in [1.54, 1.807) is 13.3 Å². The lowest BCUT2D eigenvalue weighted by Gasteiger charge is -2.22. The molecule has 1 atom stereocenters. The van der Waals surface area contributed by atoms with Crippen LogP contribution in [0.15, 0.2) is 42.7 Å². The number of nitrogens with one attached hydrogen (secondary N) is 1. The molecule has 0 fully saturated rings. The van der Waals surface area contributed by atoms with Crippen molar-refractivity contribution in [3.63, 3.8) is 0 Å². The molecule has 0 amide bonds. The summed E-state index contributed by atoms with van der Waals surface area (Å²) in [5.41, 5.74) is 5.58. The number of ether oxygens (including phenoxy) is 1. The molecule has 1 unspecified atom stereocenters. The Hall–Kier alpha value is -2.99. The maximum absolute atomic E-state index is 9.84. The van der Waals surface area contributed by atoms with E-state index < -0.39 is 0 Å². The average Bonchev–Trinajstić information content (AvgIpc) is 3.05. The van der Waals surface area contributed by atoms with Crippen LogP contribution in [0.3, 0.4) is 0 Å². The van der Waals surface area contributed by atoms with E-state index in [2.05, 4.69) is 33.3 Å². The van der Waals surface area contributed by atoms with E-state index in [0.717, 1.165) is 52.4 Å². The van der Waals surface area contributed by atoms with Crippen LogP contribution in [0.2, 0.25) is 0 Å². The van der Waals surface area contributed by atoms with E-state index in [1.807, 2.05) is 37.4 Å². The van der Waals surface area contributed by atoms with Gasteiger partial charge in [-0.2, -0.15) is 0 Å². The molecule has 3 aromatic rings. The first kappa shape index (κ1) is 18.4. The molecule has 0 saturated carbocycles. The molecule has 2 heterocycles. The van der Waals surface area contributed by atoms with Crippen molar-refractivity contribution in [1.82, 2.24) is 15.0 Å². The number of hydrogen-bond donors (Lipinski definition) is 2. The van der Waals surface area contributed by atoms with Gasteiger partial charge in [0, 0.05) is 29.1 Å². The van der Waals surface area contributed by atoms with Crippen molar-refractivity contribution in [2.75, 3.05) is 19.0 Å². The first-order valence-corrected chi connectivity index (χ1v) is 9.38. The molecule has 2 aromatic heterocycles. The molecule has 28 heavy (non-hydrogen) atoms. The number of anilines is 2. The Labute approximate surface area is 164 Å². The minimum atomic E-state index is -0.235. The first-order chi connectivity index (χ1) is 13.5. The SMILES string of the molecule is COc1ccc(C)cc1Nc1nccc(-c2cnc3c(c2)C(C)(CO)CC3)n1. The van der Waals surface area contributed by atoms with Crippen LogP contribution in [0.25, 0.3) is 11.3 Å². The highest BCUT2D eigenvalue weighted by molar-refractivity contribution is 5.66. The monoisotopic (exact) mass is 376 g/mol. The van der Waals surface area contributed by atoms with E-state index in [4.69, 9.17) is 4.74 Å². The number of methoxy groups -OCH3 is 1. The van der Waals surface area contributed by atoms with Gasteiger partial charge in [0.05, 0.1) is 25.1 Å². The highest BCUT2D eigenvalue weighted by Gasteiger charge is 2.34. The van der Waals surface area contributed by atoms with E-state index in [-0.39, 0.29) is 12.0 Å². The molecule has 144 valence electrons. The number of pyridine rings is 1. The molecule has 0 saturated heterocycles. The molecule has 2 N–H and O–H groups in total. The van der Waals surface area contributed by atoms with Crippen LogP contribution in [0.5, 0.6) is 5.75 Å². The number of benzene rings is 1. The molecule has 0 bridgehead atoms. The molecule has 1 aliphatic rings. The first-order valence-electron chi connectivity index (χ1n) is 9.38. The van der Waals surface area contributed by atoms with E-state index in [1.165, 1.54) is 0 Å². The summed E-state index contributed by atoms with van der Waals surface area (Å²) >= 11 is 0. The standard InChI is InChI=1S/C22H24N4O2/c1-14-4-5-20(28-3)19(10-14)26-21-23-9-7-17(25-21)15-11-16-18(24-12-15)6-8-22(16,2)13-27/h4-5,7,9-12,27H,6,8,13H2,1-3H3,(H,23,25,26). The second kappa shape index (κ2) is 7.20. The third kappa shape index (κ3) is 3.31. The van der Waals surface area contributed by atoms with Crippen LogP contribution >= 0.6 is 0 Å². The van der Waals surface area contributed by atoms with E-state index in [0.29, 0.717) is 5.95 Å². The summed E-state index contributed by atoms with van der Waals surface area (Å²) in [7, 11) is 1.64. The molecule has 0 aliphatic heterocycles. The molecule has 0 spiro atoms. The average molecular weight is 376 g/mol. The van der Waals surface area contributed by atoms with Crippen LogP contribution in [-0.4, -0.2) is 33.8 Å². The van der Waals surface area contributed by atoms with Gasteiger partial charge in [0.25, 0.3) is 0 Å². The highest BCUT2D eigenvalue weighted by Crippen LogP contribution is 2.39. The Kier molecular flexibility index (Phi) is 4.73. The number of aliphatic hydroxyl groups excluding tert-OH is 1. The van der Waals surface area contributed by atoms with Gasteiger partial charge in [-0.25, -0.2) is 9.97 Å². The van der Waals surface area contributed by atoms with Gasteiger partial charge in [-0.3, -0.25) is 4.98 Å².